The van der Waals surface area contributed by atoms with Crippen LogP contribution < -0.4 is 5.32 Å². The zero-order chi connectivity index (χ0) is 21.2. The van der Waals surface area contributed by atoms with Crippen molar-refractivity contribution in [3.8, 4) is 28.1 Å². The Morgan fingerprint density at radius 3 is 2.23 bits per heavy atom. The molecule has 0 bridgehead atoms. The van der Waals surface area contributed by atoms with Crippen LogP contribution in [0.3, 0.4) is 0 Å². The molecule has 1 aliphatic rings. The summed E-state index contributed by atoms with van der Waals surface area (Å²) >= 11 is 0. The Labute approximate surface area is 180 Å². The Balaban J connectivity index is 1.57. The van der Waals surface area contributed by atoms with E-state index in [1.807, 2.05) is 22.9 Å². The molecule has 0 amide bonds. The smallest absolute Gasteiger partial charge is 0.269 e. The number of anilines is 1. The van der Waals surface area contributed by atoms with Gasteiger partial charge >= 0.3 is 0 Å². The maximum absolute atomic E-state index is 11.0. The molecule has 1 aromatic heterocycles. The summed E-state index contributed by atoms with van der Waals surface area (Å²) < 4.78 is 1.88. The van der Waals surface area contributed by atoms with E-state index in [2.05, 4.69) is 41.7 Å². The summed E-state index contributed by atoms with van der Waals surface area (Å²) in [6, 6.07) is 25.4. The molecule has 2 heterocycles. The Morgan fingerprint density at radius 1 is 0.839 bits per heavy atom. The second kappa shape index (κ2) is 8.07. The van der Waals surface area contributed by atoms with Gasteiger partial charge in [-0.05, 0) is 42.5 Å². The molecule has 6 heteroatoms. The van der Waals surface area contributed by atoms with Gasteiger partial charge in [-0.25, -0.2) is 4.68 Å². The first-order valence-corrected chi connectivity index (χ1v) is 10.5. The van der Waals surface area contributed by atoms with E-state index >= 15 is 0 Å². The first kappa shape index (κ1) is 19.1. The number of nitrogens with zero attached hydrogens (tertiary/aromatic N) is 3. The highest BCUT2D eigenvalue weighted by molar-refractivity contribution is 5.74. The SMILES string of the molecule is O=[N+]([O-])c1ccc(-n2nc(-c3ccc(-c4ccccc4)cc3)c3c2NCCCC3)cc1. The minimum atomic E-state index is -0.384. The maximum Gasteiger partial charge on any atom is 0.269 e. The molecule has 1 N–H and O–H groups in total. The fourth-order valence-corrected chi connectivity index (χ4v) is 4.09. The van der Waals surface area contributed by atoms with Gasteiger partial charge in [-0.2, -0.15) is 5.10 Å². The Morgan fingerprint density at radius 2 is 1.52 bits per heavy atom. The Kier molecular flexibility index (Phi) is 4.96. The highest BCUT2D eigenvalue weighted by Crippen LogP contribution is 2.35. The van der Waals surface area contributed by atoms with E-state index < -0.39 is 0 Å². The van der Waals surface area contributed by atoms with Crippen molar-refractivity contribution in [2.45, 2.75) is 19.3 Å². The molecule has 0 saturated carbocycles. The predicted octanol–water partition coefficient (Wildman–Crippen LogP) is 5.86. The van der Waals surface area contributed by atoms with E-state index in [4.69, 9.17) is 5.10 Å². The number of aromatic nitrogens is 2. The summed E-state index contributed by atoms with van der Waals surface area (Å²) in [5.41, 5.74) is 6.47. The van der Waals surface area contributed by atoms with E-state index in [-0.39, 0.29) is 10.6 Å². The van der Waals surface area contributed by atoms with E-state index in [1.165, 1.54) is 28.8 Å². The van der Waals surface area contributed by atoms with Crippen molar-refractivity contribution in [1.29, 1.82) is 0 Å². The number of benzene rings is 3. The van der Waals surface area contributed by atoms with Gasteiger partial charge in [0.15, 0.2) is 0 Å². The van der Waals surface area contributed by atoms with Gasteiger partial charge in [-0.1, -0.05) is 54.6 Å². The number of rotatable bonds is 4. The first-order chi connectivity index (χ1) is 15.2. The molecular formula is C25H22N4O2. The molecule has 6 nitrogen and oxygen atoms in total. The maximum atomic E-state index is 11.0. The number of non-ortho nitro benzene ring substituents is 1. The van der Waals surface area contributed by atoms with Crippen LogP contribution in [0.25, 0.3) is 28.1 Å². The second-order valence-electron chi connectivity index (χ2n) is 7.69. The normalized spacial score (nSPS) is 13.2. The summed E-state index contributed by atoms with van der Waals surface area (Å²) in [6.07, 6.45) is 3.15. The lowest BCUT2D eigenvalue weighted by molar-refractivity contribution is -0.384. The lowest BCUT2D eigenvalue weighted by Crippen LogP contribution is -2.07. The molecular weight excluding hydrogens is 388 g/mol. The van der Waals surface area contributed by atoms with Gasteiger partial charge in [0, 0.05) is 29.8 Å². The van der Waals surface area contributed by atoms with Gasteiger partial charge in [-0.15, -0.1) is 0 Å². The van der Waals surface area contributed by atoms with Crippen molar-refractivity contribution in [3.63, 3.8) is 0 Å². The van der Waals surface area contributed by atoms with Gasteiger partial charge in [0.25, 0.3) is 5.69 Å². The molecule has 154 valence electrons. The zero-order valence-electron chi connectivity index (χ0n) is 17.0. The lowest BCUT2D eigenvalue weighted by Gasteiger charge is -2.09. The van der Waals surface area contributed by atoms with Gasteiger partial charge in [0.2, 0.25) is 0 Å². The quantitative estimate of drug-likeness (QED) is 0.338. The number of hydrogen-bond acceptors (Lipinski definition) is 4. The van der Waals surface area contributed by atoms with Crippen molar-refractivity contribution in [2.75, 3.05) is 11.9 Å². The number of fused-ring (bicyclic) bond motifs is 1. The molecule has 5 rings (SSSR count). The molecule has 1 aliphatic heterocycles. The third kappa shape index (κ3) is 3.68. The third-order valence-electron chi connectivity index (χ3n) is 5.70. The van der Waals surface area contributed by atoms with E-state index in [0.29, 0.717) is 0 Å². The monoisotopic (exact) mass is 410 g/mol. The van der Waals surface area contributed by atoms with Crippen LogP contribution in [0.1, 0.15) is 18.4 Å². The molecule has 0 saturated heterocycles. The first-order valence-electron chi connectivity index (χ1n) is 10.5. The molecule has 0 unspecified atom stereocenters. The summed E-state index contributed by atoms with van der Waals surface area (Å²) in [5.74, 6) is 0.980. The molecule has 0 atom stereocenters. The number of nitro groups is 1. The van der Waals surface area contributed by atoms with Gasteiger partial charge in [0.05, 0.1) is 16.3 Å². The van der Waals surface area contributed by atoms with Crippen LogP contribution in [-0.2, 0) is 6.42 Å². The van der Waals surface area contributed by atoms with Crippen LogP contribution in [0, 0.1) is 10.1 Å². The largest absolute Gasteiger partial charge is 0.370 e. The molecule has 31 heavy (non-hydrogen) atoms. The summed E-state index contributed by atoms with van der Waals surface area (Å²) in [4.78, 5) is 10.6. The van der Waals surface area contributed by atoms with Gasteiger partial charge < -0.3 is 5.32 Å². The minimum absolute atomic E-state index is 0.0756. The van der Waals surface area contributed by atoms with Crippen LogP contribution >= 0.6 is 0 Å². The van der Waals surface area contributed by atoms with E-state index in [0.717, 1.165) is 48.6 Å². The minimum Gasteiger partial charge on any atom is -0.370 e. The molecule has 0 fully saturated rings. The number of nitro benzene ring substituents is 1. The van der Waals surface area contributed by atoms with Crippen LogP contribution in [0.5, 0.6) is 0 Å². The fourth-order valence-electron chi connectivity index (χ4n) is 4.09. The highest BCUT2D eigenvalue weighted by Gasteiger charge is 2.22. The standard InChI is InChI=1S/C25H22N4O2/c30-29(31)22-15-13-21(14-16-22)28-25-23(8-4-5-17-26-25)24(27-28)20-11-9-19(10-12-20)18-6-2-1-3-7-18/h1-3,6-7,9-16,26H,4-5,8,17H2. The average Bonchev–Trinajstić information content (AvgIpc) is 3.00. The van der Waals surface area contributed by atoms with Crippen LogP contribution in [0.15, 0.2) is 78.9 Å². The predicted molar refractivity (Wildman–Crippen MR) is 123 cm³/mol. The zero-order valence-corrected chi connectivity index (χ0v) is 17.0. The topological polar surface area (TPSA) is 73.0 Å². The number of hydrogen-bond donors (Lipinski definition) is 1. The number of nitrogens with one attached hydrogen (secondary N) is 1. The van der Waals surface area contributed by atoms with Crippen LogP contribution in [0.4, 0.5) is 11.5 Å². The van der Waals surface area contributed by atoms with Crippen molar-refractivity contribution in [1.82, 2.24) is 9.78 Å². The van der Waals surface area contributed by atoms with E-state index in [9.17, 15) is 10.1 Å². The molecule has 3 aromatic carbocycles. The molecule has 0 aliphatic carbocycles. The second-order valence-corrected chi connectivity index (χ2v) is 7.69. The highest BCUT2D eigenvalue weighted by atomic mass is 16.6. The molecule has 0 spiro atoms. The summed E-state index contributed by atoms with van der Waals surface area (Å²) in [6.45, 7) is 0.887. The molecule has 0 radical (unpaired) electrons. The molecule has 4 aromatic rings. The lowest BCUT2D eigenvalue weighted by atomic mass is 10.00. The van der Waals surface area contributed by atoms with Gasteiger partial charge in [0.1, 0.15) is 5.82 Å². The summed E-state index contributed by atoms with van der Waals surface area (Å²) in [7, 11) is 0. The van der Waals surface area contributed by atoms with Gasteiger partial charge in [-0.3, -0.25) is 10.1 Å². The Bertz CT molecular complexity index is 1210. The fraction of sp³-hybridized carbons (Fsp3) is 0.160. The average molecular weight is 410 g/mol. The third-order valence-corrected chi connectivity index (χ3v) is 5.70. The van der Waals surface area contributed by atoms with Crippen molar-refractivity contribution < 1.29 is 4.92 Å². The van der Waals surface area contributed by atoms with Crippen molar-refractivity contribution >= 4 is 11.5 Å². The van der Waals surface area contributed by atoms with Crippen LogP contribution in [0.2, 0.25) is 0 Å². The van der Waals surface area contributed by atoms with Crippen LogP contribution in [-0.4, -0.2) is 21.2 Å². The Hall–Kier alpha value is -3.93. The summed E-state index contributed by atoms with van der Waals surface area (Å²) in [5, 5.41) is 19.5. The van der Waals surface area contributed by atoms with Crippen molar-refractivity contribution in [2.24, 2.45) is 0 Å². The van der Waals surface area contributed by atoms with E-state index in [1.54, 1.807) is 12.1 Å². The van der Waals surface area contributed by atoms with Crippen molar-refractivity contribution in [3.05, 3.63) is 94.5 Å².